The van der Waals surface area contributed by atoms with Crippen molar-refractivity contribution in [3.8, 4) is 5.75 Å². The molecule has 0 aromatic heterocycles. The molecule has 2 amide bonds. The molecule has 0 spiro atoms. The van der Waals surface area contributed by atoms with E-state index in [0.717, 1.165) is 29.7 Å². The average molecular weight is 410 g/mol. The summed E-state index contributed by atoms with van der Waals surface area (Å²) < 4.78 is 18.8. The van der Waals surface area contributed by atoms with E-state index in [-0.39, 0.29) is 18.0 Å². The van der Waals surface area contributed by atoms with Gasteiger partial charge in [0.1, 0.15) is 23.3 Å². The Morgan fingerprint density at radius 2 is 1.93 bits per heavy atom. The molecule has 0 aliphatic carbocycles. The number of methoxy groups -OCH3 is 1. The highest BCUT2D eigenvalue weighted by Crippen LogP contribution is 2.39. The number of aryl methyl sites for hydroxylation is 1. The Balaban J connectivity index is 1.71. The maximum Gasteiger partial charge on any atom is 0.274 e. The molecule has 1 unspecified atom stereocenters. The van der Waals surface area contributed by atoms with Crippen LogP contribution in [0, 0.1) is 12.7 Å². The summed E-state index contributed by atoms with van der Waals surface area (Å²) in [5.41, 5.74) is 9.23. The van der Waals surface area contributed by atoms with Crippen LogP contribution in [-0.2, 0) is 16.0 Å². The number of benzene rings is 2. The molecule has 2 aromatic rings. The highest BCUT2D eigenvalue weighted by molar-refractivity contribution is 6.45. The lowest BCUT2D eigenvalue weighted by Gasteiger charge is -2.31. The molecule has 0 fully saturated rings. The van der Waals surface area contributed by atoms with Crippen LogP contribution >= 0.6 is 0 Å². The van der Waals surface area contributed by atoms with Gasteiger partial charge >= 0.3 is 0 Å². The molecule has 4 rings (SSSR count). The minimum absolute atomic E-state index is 0.0888. The SMILES string of the molecule is COc1ccc(C)c2c1N(C(=O)C1=NN(c3ccc(F)cc3)C(C(N)=O)C1)CCC2. The first kappa shape index (κ1) is 19.9. The van der Waals surface area contributed by atoms with Crippen LogP contribution in [-0.4, -0.2) is 37.2 Å². The summed E-state index contributed by atoms with van der Waals surface area (Å²) in [6.45, 7) is 2.54. The van der Waals surface area contributed by atoms with Crippen molar-refractivity contribution in [3.05, 3.63) is 53.3 Å². The first-order valence-corrected chi connectivity index (χ1v) is 9.80. The van der Waals surface area contributed by atoms with Gasteiger partial charge in [0.25, 0.3) is 5.91 Å². The fourth-order valence-corrected chi connectivity index (χ4v) is 4.07. The number of nitrogens with zero attached hydrogens (tertiary/aromatic N) is 3. The molecule has 2 aliphatic rings. The van der Waals surface area contributed by atoms with Crippen molar-refractivity contribution in [2.45, 2.75) is 32.2 Å². The first-order valence-electron chi connectivity index (χ1n) is 9.80. The Kier molecular flexibility index (Phi) is 5.15. The first-order chi connectivity index (χ1) is 14.4. The number of rotatable bonds is 4. The lowest BCUT2D eigenvalue weighted by atomic mass is 9.95. The molecule has 8 heteroatoms. The molecule has 0 saturated carbocycles. The Morgan fingerprint density at radius 1 is 1.20 bits per heavy atom. The number of carbonyl (C=O) groups is 2. The maximum atomic E-state index is 13.4. The number of hydrogen-bond acceptors (Lipinski definition) is 5. The van der Waals surface area contributed by atoms with Crippen molar-refractivity contribution in [1.29, 1.82) is 0 Å². The van der Waals surface area contributed by atoms with Gasteiger partial charge in [0.2, 0.25) is 5.91 Å². The summed E-state index contributed by atoms with van der Waals surface area (Å²) in [5, 5.41) is 5.81. The molecule has 156 valence electrons. The van der Waals surface area contributed by atoms with Crippen molar-refractivity contribution in [2.75, 3.05) is 23.6 Å². The van der Waals surface area contributed by atoms with Gasteiger partial charge < -0.3 is 15.4 Å². The maximum absolute atomic E-state index is 13.4. The summed E-state index contributed by atoms with van der Waals surface area (Å²) in [6, 6.07) is 8.59. The molecule has 7 nitrogen and oxygen atoms in total. The van der Waals surface area contributed by atoms with Crippen molar-refractivity contribution in [1.82, 2.24) is 0 Å². The number of carbonyl (C=O) groups excluding carboxylic acids is 2. The third kappa shape index (κ3) is 3.38. The number of ether oxygens (including phenoxy) is 1. The predicted octanol–water partition coefficient (Wildman–Crippen LogP) is 2.54. The van der Waals surface area contributed by atoms with E-state index in [1.807, 2.05) is 19.1 Å². The van der Waals surface area contributed by atoms with Crippen molar-refractivity contribution in [2.24, 2.45) is 10.8 Å². The minimum Gasteiger partial charge on any atom is -0.495 e. The fourth-order valence-electron chi connectivity index (χ4n) is 4.07. The van der Waals surface area contributed by atoms with Crippen LogP contribution in [0.3, 0.4) is 0 Å². The van der Waals surface area contributed by atoms with Crippen LogP contribution < -0.4 is 20.4 Å². The highest BCUT2D eigenvalue weighted by atomic mass is 19.1. The Morgan fingerprint density at radius 3 is 2.60 bits per heavy atom. The third-order valence-corrected chi connectivity index (χ3v) is 5.60. The summed E-state index contributed by atoms with van der Waals surface area (Å²) in [6.07, 6.45) is 1.77. The number of nitrogens with two attached hydrogens (primary N) is 1. The highest BCUT2D eigenvalue weighted by Gasteiger charge is 2.38. The summed E-state index contributed by atoms with van der Waals surface area (Å²) in [5.74, 6) is -0.653. The van der Waals surface area contributed by atoms with Gasteiger partial charge in [-0.05, 0) is 61.2 Å². The van der Waals surface area contributed by atoms with E-state index >= 15 is 0 Å². The zero-order chi connectivity index (χ0) is 21.4. The molecule has 2 aliphatic heterocycles. The zero-order valence-corrected chi connectivity index (χ0v) is 16.9. The molecule has 1 atom stereocenters. The average Bonchev–Trinajstić information content (AvgIpc) is 3.20. The van der Waals surface area contributed by atoms with E-state index in [9.17, 15) is 14.0 Å². The monoisotopic (exact) mass is 410 g/mol. The third-order valence-electron chi connectivity index (χ3n) is 5.60. The second-order valence-corrected chi connectivity index (χ2v) is 7.46. The molecular weight excluding hydrogens is 387 g/mol. The largest absolute Gasteiger partial charge is 0.495 e. The molecule has 0 saturated heterocycles. The Hall–Kier alpha value is -3.42. The number of hydrogen-bond donors (Lipinski definition) is 1. The van der Waals surface area contributed by atoms with Crippen molar-refractivity contribution >= 4 is 28.9 Å². The topological polar surface area (TPSA) is 88.2 Å². The summed E-state index contributed by atoms with van der Waals surface area (Å²) >= 11 is 0. The minimum atomic E-state index is -0.807. The number of amides is 2. The van der Waals surface area contributed by atoms with Gasteiger partial charge in [-0.3, -0.25) is 14.6 Å². The van der Waals surface area contributed by atoms with Gasteiger partial charge in [-0.25, -0.2) is 4.39 Å². The molecule has 0 bridgehead atoms. The standard InChI is InChI=1S/C22H23FN4O3/c1-13-5-10-19(30-2)20-16(13)4-3-11-26(20)22(29)17-12-18(21(24)28)27(25-17)15-8-6-14(23)7-9-15/h5-10,18H,3-4,11-12H2,1-2H3,(H2,24,28). The van der Waals surface area contributed by atoms with Crippen molar-refractivity contribution < 1.29 is 18.7 Å². The lowest BCUT2D eigenvalue weighted by molar-refractivity contribution is -0.119. The molecule has 2 N–H and O–H groups in total. The van der Waals surface area contributed by atoms with E-state index in [1.54, 1.807) is 12.0 Å². The van der Waals surface area contributed by atoms with Crippen LogP contribution in [0.5, 0.6) is 5.75 Å². The summed E-state index contributed by atoms with van der Waals surface area (Å²) in [4.78, 5) is 27.1. The Labute approximate surface area is 173 Å². The molecular formula is C22H23FN4O3. The second-order valence-electron chi connectivity index (χ2n) is 7.46. The van der Waals surface area contributed by atoms with E-state index in [1.165, 1.54) is 29.3 Å². The van der Waals surface area contributed by atoms with E-state index in [2.05, 4.69) is 5.10 Å². The summed E-state index contributed by atoms with van der Waals surface area (Å²) in [7, 11) is 1.58. The molecule has 30 heavy (non-hydrogen) atoms. The van der Waals surface area contributed by atoms with Gasteiger partial charge in [-0.2, -0.15) is 5.10 Å². The number of hydrazone groups is 1. The number of fused-ring (bicyclic) bond motifs is 1. The molecule has 2 heterocycles. The van der Waals surface area contributed by atoms with Crippen LogP contribution in [0.1, 0.15) is 24.0 Å². The van der Waals surface area contributed by atoms with Gasteiger partial charge in [-0.1, -0.05) is 6.07 Å². The van der Waals surface area contributed by atoms with Gasteiger partial charge in [0.15, 0.2) is 0 Å². The van der Waals surface area contributed by atoms with E-state index in [0.29, 0.717) is 18.0 Å². The fraction of sp³-hybridized carbons (Fsp3) is 0.318. The number of primary amides is 1. The lowest BCUT2D eigenvalue weighted by Crippen LogP contribution is -2.42. The van der Waals surface area contributed by atoms with Crippen LogP contribution in [0.15, 0.2) is 41.5 Å². The Bertz CT molecular complexity index is 1040. The number of anilines is 2. The van der Waals surface area contributed by atoms with E-state index < -0.39 is 17.8 Å². The van der Waals surface area contributed by atoms with Crippen molar-refractivity contribution in [3.63, 3.8) is 0 Å². The second kappa shape index (κ2) is 7.78. The van der Waals surface area contributed by atoms with Crippen LogP contribution in [0.2, 0.25) is 0 Å². The number of halogens is 1. The predicted molar refractivity (Wildman–Crippen MR) is 112 cm³/mol. The van der Waals surface area contributed by atoms with Gasteiger partial charge in [-0.15, -0.1) is 0 Å². The van der Waals surface area contributed by atoms with Crippen LogP contribution in [0.25, 0.3) is 0 Å². The normalized spacial score (nSPS) is 18.1. The van der Waals surface area contributed by atoms with Crippen LogP contribution in [0.4, 0.5) is 15.8 Å². The zero-order valence-electron chi connectivity index (χ0n) is 16.9. The van der Waals surface area contributed by atoms with E-state index in [4.69, 9.17) is 10.5 Å². The van der Waals surface area contributed by atoms with Gasteiger partial charge in [0, 0.05) is 13.0 Å². The molecule has 0 radical (unpaired) electrons. The molecule has 2 aromatic carbocycles. The quantitative estimate of drug-likeness (QED) is 0.839. The van der Waals surface area contributed by atoms with Gasteiger partial charge in [0.05, 0.1) is 18.5 Å². The smallest absolute Gasteiger partial charge is 0.274 e.